The van der Waals surface area contributed by atoms with Gasteiger partial charge >= 0.3 is 39.5 Å². The molecule has 0 aliphatic heterocycles. The largest absolute Gasteiger partial charge is 0.472 e. The van der Waals surface area contributed by atoms with Crippen molar-refractivity contribution in [3.63, 3.8) is 0 Å². The lowest BCUT2D eigenvalue weighted by atomic mass is 10.0. The summed E-state index contributed by atoms with van der Waals surface area (Å²) >= 11 is 0. The van der Waals surface area contributed by atoms with Gasteiger partial charge in [0.15, 0.2) is 12.2 Å². The third kappa shape index (κ3) is 76.3. The standard InChI is InChI=1S/C83H162O17P2/c1-7-9-11-13-15-17-19-21-23-24-25-26-27-29-35-39-43-49-56-62-68-82(87)99-78(71-93-80(85)65-59-53-47-41-37-33-31-30-32-36-40-45-51-57-63-75(3)4)73-97-101(89,90)95-69-77(84)70-96-102(91,92)98-74-79(72-94-81(86)66-60-54-50-44-46-52-58-64-76(5)6)100-83(88)67-61-55-48-42-38-34-28-22-20-18-16-14-12-10-8-2/h75-79,84H,7-74H2,1-6H3,(H,89,90)(H,91,92)/t77-,78-,79-/m1/s1. The molecule has 0 aromatic rings. The number of phosphoric ester groups is 2. The maximum absolute atomic E-state index is 13.1. The van der Waals surface area contributed by atoms with Crippen LogP contribution in [-0.4, -0.2) is 96.7 Å². The van der Waals surface area contributed by atoms with Crippen LogP contribution in [-0.2, 0) is 65.4 Å². The van der Waals surface area contributed by atoms with Gasteiger partial charge < -0.3 is 33.8 Å². The summed E-state index contributed by atoms with van der Waals surface area (Å²) in [7, 11) is -9.92. The van der Waals surface area contributed by atoms with Gasteiger partial charge in [0.1, 0.15) is 19.3 Å². The molecule has 0 heterocycles. The number of ether oxygens (including phenoxy) is 4. The predicted molar refractivity (Wildman–Crippen MR) is 418 cm³/mol. The minimum absolute atomic E-state index is 0.108. The minimum atomic E-state index is -4.96. The number of hydrogen-bond acceptors (Lipinski definition) is 15. The highest BCUT2D eigenvalue weighted by molar-refractivity contribution is 7.47. The van der Waals surface area contributed by atoms with E-state index in [4.69, 9.17) is 37.0 Å². The lowest BCUT2D eigenvalue weighted by molar-refractivity contribution is -0.161. The van der Waals surface area contributed by atoms with E-state index in [0.717, 1.165) is 102 Å². The van der Waals surface area contributed by atoms with E-state index < -0.39 is 97.5 Å². The van der Waals surface area contributed by atoms with E-state index >= 15 is 0 Å². The van der Waals surface area contributed by atoms with Crippen LogP contribution in [0.2, 0.25) is 0 Å². The van der Waals surface area contributed by atoms with Gasteiger partial charge in [-0.1, -0.05) is 388 Å². The van der Waals surface area contributed by atoms with E-state index in [1.807, 2.05) is 0 Å². The number of rotatable bonds is 82. The van der Waals surface area contributed by atoms with Crippen molar-refractivity contribution in [2.75, 3.05) is 39.6 Å². The fourth-order valence-corrected chi connectivity index (χ4v) is 14.5. The Hall–Kier alpha value is -1.94. The molecule has 0 spiro atoms. The minimum Gasteiger partial charge on any atom is -0.462 e. The van der Waals surface area contributed by atoms with Crippen LogP contribution in [0.3, 0.4) is 0 Å². The molecule has 0 saturated carbocycles. The van der Waals surface area contributed by atoms with E-state index in [1.54, 1.807) is 0 Å². The molecule has 0 aliphatic carbocycles. The molecule has 2 unspecified atom stereocenters. The van der Waals surface area contributed by atoms with Gasteiger partial charge in [-0.25, -0.2) is 9.13 Å². The second-order valence-corrected chi connectivity index (χ2v) is 33.7. The molecule has 19 heteroatoms. The van der Waals surface area contributed by atoms with Gasteiger partial charge in [-0.05, 0) is 37.5 Å². The molecular formula is C83H162O17P2. The van der Waals surface area contributed by atoms with Gasteiger partial charge in [0.05, 0.1) is 26.4 Å². The number of esters is 4. The molecule has 0 aromatic carbocycles. The molecule has 0 radical (unpaired) electrons. The van der Waals surface area contributed by atoms with Crippen LogP contribution in [0.15, 0.2) is 0 Å². The first-order valence-corrected chi connectivity index (χ1v) is 46.0. The third-order valence-corrected chi connectivity index (χ3v) is 21.4. The summed E-state index contributed by atoms with van der Waals surface area (Å²) in [6.45, 7) is 9.62. The summed E-state index contributed by atoms with van der Waals surface area (Å²) < 4.78 is 68.8. The summed E-state index contributed by atoms with van der Waals surface area (Å²) in [4.78, 5) is 73.1. The average Bonchev–Trinajstić information content (AvgIpc) is 0.916. The molecule has 606 valence electrons. The van der Waals surface area contributed by atoms with Gasteiger partial charge in [-0.3, -0.25) is 37.3 Å². The van der Waals surface area contributed by atoms with Crippen LogP contribution in [0.1, 0.15) is 440 Å². The predicted octanol–water partition coefficient (Wildman–Crippen LogP) is 25.1. The molecule has 102 heavy (non-hydrogen) atoms. The van der Waals surface area contributed by atoms with Crippen LogP contribution in [0, 0.1) is 11.8 Å². The summed E-state index contributed by atoms with van der Waals surface area (Å²) in [5.41, 5.74) is 0. The van der Waals surface area contributed by atoms with Crippen LogP contribution in [0.5, 0.6) is 0 Å². The summed E-state index contributed by atoms with van der Waals surface area (Å²) in [6, 6.07) is 0. The maximum Gasteiger partial charge on any atom is 0.472 e. The molecular weight excluding hydrogens is 1330 g/mol. The zero-order valence-corrected chi connectivity index (χ0v) is 68.7. The summed E-state index contributed by atoms with van der Waals surface area (Å²) in [5, 5.41) is 10.7. The average molecular weight is 1490 g/mol. The SMILES string of the molecule is CCCCCCCCCCCCCCCCCCCCCCC(=O)O[C@H](COC(=O)CCCCCCCCCCCCCCCCC(C)C)COP(=O)(O)OC[C@@H](O)COP(=O)(O)OC[C@@H](COC(=O)CCCCCCCCCC(C)C)OC(=O)CCCCCCCCCCCCCCCCC. The highest BCUT2D eigenvalue weighted by atomic mass is 31.2. The molecule has 17 nitrogen and oxygen atoms in total. The molecule has 3 N–H and O–H groups in total. The van der Waals surface area contributed by atoms with Gasteiger partial charge in [0.2, 0.25) is 0 Å². The number of unbranched alkanes of at least 4 members (excludes halogenated alkanes) is 52. The zero-order valence-electron chi connectivity index (χ0n) is 66.9. The summed E-state index contributed by atoms with van der Waals surface area (Å²) in [5.74, 6) is -0.602. The highest BCUT2D eigenvalue weighted by Crippen LogP contribution is 2.45. The zero-order chi connectivity index (χ0) is 74.9. The summed E-state index contributed by atoms with van der Waals surface area (Å²) in [6.07, 6.45) is 65.3. The Bertz CT molecular complexity index is 1960. The van der Waals surface area contributed by atoms with Crippen molar-refractivity contribution in [2.45, 2.75) is 458 Å². The van der Waals surface area contributed by atoms with Crippen molar-refractivity contribution in [1.82, 2.24) is 0 Å². The van der Waals surface area contributed by atoms with Crippen molar-refractivity contribution in [3.05, 3.63) is 0 Å². The van der Waals surface area contributed by atoms with E-state index in [1.165, 1.54) is 250 Å². The van der Waals surface area contributed by atoms with Crippen molar-refractivity contribution in [1.29, 1.82) is 0 Å². The van der Waals surface area contributed by atoms with Crippen LogP contribution < -0.4 is 0 Å². The molecule has 0 saturated heterocycles. The Kier molecular flexibility index (Phi) is 73.1. The van der Waals surface area contributed by atoms with Crippen LogP contribution >= 0.6 is 15.6 Å². The van der Waals surface area contributed by atoms with Crippen molar-refractivity contribution in [2.24, 2.45) is 11.8 Å². The Balaban J connectivity index is 5.23. The highest BCUT2D eigenvalue weighted by Gasteiger charge is 2.30. The van der Waals surface area contributed by atoms with Gasteiger partial charge in [0, 0.05) is 25.7 Å². The molecule has 0 aromatic heterocycles. The number of carbonyl (C=O) groups is 4. The molecule has 0 fully saturated rings. The molecule has 0 amide bonds. The molecule has 0 aliphatic rings. The van der Waals surface area contributed by atoms with Crippen molar-refractivity contribution >= 4 is 39.5 Å². The fourth-order valence-electron chi connectivity index (χ4n) is 12.9. The first kappa shape index (κ1) is 100. The molecule has 0 bridgehead atoms. The Labute approximate surface area is 626 Å². The van der Waals surface area contributed by atoms with Gasteiger partial charge in [-0.2, -0.15) is 0 Å². The van der Waals surface area contributed by atoms with Gasteiger partial charge in [0.25, 0.3) is 0 Å². The number of phosphoric acid groups is 2. The van der Waals surface area contributed by atoms with E-state index in [2.05, 4.69) is 41.5 Å². The normalized spacial score (nSPS) is 13.9. The van der Waals surface area contributed by atoms with E-state index in [9.17, 15) is 43.2 Å². The first-order chi connectivity index (χ1) is 49.4. The quantitative estimate of drug-likeness (QED) is 0.0222. The Morgan fingerprint density at radius 1 is 0.265 bits per heavy atom. The van der Waals surface area contributed by atoms with E-state index in [-0.39, 0.29) is 25.7 Å². The first-order valence-electron chi connectivity index (χ1n) is 43.0. The number of aliphatic hydroxyl groups is 1. The number of aliphatic hydroxyl groups excluding tert-OH is 1. The van der Waals surface area contributed by atoms with Crippen molar-refractivity contribution < 1.29 is 80.2 Å². The van der Waals surface area contributed by atoms with Crippen LogP contribution in [0.4, 0.5) is 0 Å². The number of carbonyl (C=O) groups excluding carboxylic acids is 4. The van der Waals surface area contributed by atoms with Gasteiger partial charge in [-0.15, -0.1) is 0 Å². The third-order valence-electron chi connectivity index (χ3n) is 19.5. The fraction of sp³-hybridized carbons (Fsp3) is 0.952. The second-order valence-electron chi connectivity index (χ2n) is 30.8. The van der Waals surface area contributed by atoms with Crippen molar-refractivity contribution in [3.8, 4) is 0 Å². The molecule has 0 rings (SSSR count). The maximum atomic E-state index is 13.1. The lowest BCUT2D eigenvalue weighted by Gasteiger charge is -2.21. The monoisotopic (exact) mass is 1490 g/mol. The Morgan fingerprint density at radius 2 is 0.451 bits per heavy atom. The Morgan fingerprint density at radius 3 is 0.667 bits per heavy atom. The van der Waals surface area contributed by atoms with Crippen LogP contribution in [0.25, 0.3) is 0 Å². The van der Waals surface area contributed by atoms with E-state index in [0.29, 0.717) is 31.6 Å². The number of hydrogen-bond donors (Lipinski definition) is 3. The topological polar surface area (TPSA) is 237 Å². The lowest BCUT2D eigenvalue weighted by Crippen LogP contribution is -2.30. The second kappa shape index (κ2) is 74.5. The molecule has 5 atom stereocenters. The smallest absolute Gasteiger partial charge is 0.462 e.